The van der Waals surface area contributed by atoms with Gasteiger partial charge in [-0.1, -0.05) is 18.2 Å². The van der Waals surface area contributed by atoms with E-state index in [1.165, 1.54) is 18.2 Å². The van der Waals surface area contributed by atoms with Crippen LogP contribution in [0.2, 0.25) is 0 Å². The monoisotopic (exact) mass is 287 g/mol. The lowest BCUT2D eigenvalue weighted by Gasteiger charge is -2.05. The van der Waals surface area contributed by atoms with Crippen LogP contribution in [-0.4, -0.2) is 13.4 Å². The minimum absolute atomic E-state index is 0.0293. The van der Waals surface area contributed by atoms with Crippen molar-refractivity contribution in [2.45, 2.75) is 9.92 Å². The van der Waals surface area contributed by atoms with Gasteiger partial charge in [0.2, 0.25) is 9.84 Å². The summed E-state index contributed by atoms with van der Waals surface area (Å²) in [6.07, 6.45) is 0. The molecule has 3 aromatic rings. The van der Waals surface area contributed by atoms with E-state index in [2.05, 4.69) is 4.98 Å². The quantitative estimate of drug-likeness (QED) is 0.680. The first kappa shape index (κ1) is 12.7. The molecular weight excluding hydrogens is 277 g/mol. The molecule has 20 heavy (non-hydrogen) atoms. The van der Waals surface area contributed by atoms with Crippen molar-refractivity contribution in [1.82, 2.24) is 4.98 Å². The highest BCUT2D eigenvalue weighted by Gasteiger charge is 2.19. The van der Waals surface area contributed by atoms with E-state index < -0.39 is 15.7 Å². The molecule has 5 heteroatoms. The van der Waals surface area contributed by atoms with Gasteiger partial charge in [-0.05, 0) is 42.5 Å². The van der Waals surface area contributed by atoms with E-state index in [0.717, 1.165) is 17.5 Å². The summed E-state index contributed by atoms with van der Waals surface area (Å²) < 4.78 is 37.7. The molecule has 0 spiro atoms. The number of hydrogen-bond acceptors (Lipinski definition) is 3. The summed E-state index contributed by atoms with van der Waals surface area (Å²) in [5.74, 6) is -0.476. The number of para-hydroxylation sites is 1. The third-order valence-corrected chi connectivity index (χ3v) is 4.64. The average Bonchev–Trinajstić information content (AvgIpc) is 2.47. The highest BCUT2D eigenvalue weighted by Crippen LogP contribution is 2.21. The van der Waals surface area contributed by atoms with Crippen molar-refractivity contribution in [1.29, 1.82) is 0 Å². The second kappa shape index (κ2) is 4.68. The van der Waals surface area contributed by atoms with Crippen LogP contribution in [0, 0.1) is 5.82 Å². The molecule has 2 aromatic carbocycles. The highest BCUT2D eigenvalue weighted by molar-refractivity contribution is 7.91. The first-order valence-electron chi connectivity index (χ1n) is 5.94. The Morgan fingerprint density at radius 1 is 0.850 bits per heavy atom. The van der Waals surface area contributed by atoms with Crippen LogP contribution < -0.4 is 0 Å². The van der Waals surface area contributed by atoms with Crippen LogP contribution in [0.1, 0.15) is 0 Å². The van der Waals surface area contributed by atoms with Crippen LogP contribution in [0.25, 0.3) is 10.9 Å². The van der Waals surface area contributed by atoms with Crippen LogP contribution in [0.4, 0.5) is 4.39 Å². The zero-order valence-electron chi connectivity index (χ0n) is 10.3. The molecule has 0 aliphatic carbocycles. The molecule has 0 fully saturated rings. The SMILES string of the molecule is O=S(=O)(c1ccc(F)cc1)c1ccc2ccccc2n1. The maximum Gasteiger partial charge on any atom is 0.223 e. The van der Waals surface area contributed by atoms with Gasteiger partial charge in [-0.15, -0.1) is 0 Å². The fourth-order valence-corrected chi connectivity index (χ4v) is 3.13. The Hall–Kier alpha value is -2.27. The van der Waals surface area contributed by atoms with Crippen molar-refractivity contribution in [3.63, 3.8) is 0 Å². The van der Waals surface area contributed by atoms with E-state index >= 15 is 0 Å². The molecule has 1 heterocycles. The van der Waals surface area contributed by atoms with Crippen molar-refractivity contribution in [3.8, 4) is 0 Å². The molecule has 3 rings (SSSR count). The molecule has 0 saturated carbocycles. The summed E-state index contributed by atoms with van der Waals surface area (Å²) in [4.78, 5) is 4.19. The number of sulfone groups is 1. The number of aromatic nitrogens is 1. The molecule has 0 bridgehead atoms. The van der Waals surface area contributed by atoms with E-state index in [-0.39, 0.29) is 9.92 Å². The van der Waals surface area contributed by atoms with Gasteiger partial charge in [-0.3, -0.25) is 0 Å². The van der Waals surface area contributed by atoms with Crippen molar-refractivity contribution in [2.75, 3.05) is 0 Å². The molecule has 0 aliphatic heterocycles. The van der Waals surface area contributed by atoms with Crippen LogP contribution in [-0.2, 0) is 9.84 Å². The third-order valence-electron chi connectivity index (χ3n) is 2.97. The van der Waals surface area contributed by atoms with E-state index in [4.69, 9.17) is 0 Å². The minimum Gasteiger partial charge on any atom is -0.236 e. The number of nitrogens with zero attached hydrogens (tertiary/aromatic N) is 1. The molecule has 0 unspecified atom stereocenters. The lowest BCUT2D eigenvalue weighted by Crippen LogP contribution is -2.04. The summed E-state index contributed by atoms with van der Waals surface area (Å²) >= 11 is 0. The molecule has 0 saturated heterocycles. The van der Waals surface area contributed by atoms with Crippen LogP contribution in [0.15, 0.2) is 70.6 Å². The predicted molar refractivity (Wildman–Crippen MR) is 73.6 cm³/mol. The van der Waals surface area contributed by atoms with Crippen LogP contribution in [0.5, 0.6) is 0 Å². The first-order valence-corrected chi connectivity index (χ1v) is 7.42. The summed E-state index contributed by atoms with van der Waals surface area (Å²) in [6.45, 7) is 0. The summed E-state index contributed by atoms with van der Waals surface area (Å²) in [5, 5.41) is 0.827. The maximum atomic E-state index is 12.9. The molecule has 0 radical (unpaired) electrons. The zero-order valence-corrected chi connectivity index (χ0v) is 11.1. The first-order chi connectivity index (χ1) is 9.57. The molecule has 3 nitrogen and oxygen atoms in total. The Labute approximate surface area is 115 Å². The van der Waals surface area contributed by atoms with Crippen molar-refractivity contribution >= 4 is 20.7 Å². The summed E-state index contributed by atoms with van der Waals surface area (Å²) in [7, 11) is -3.72. The molecule has 1 aromatic heterocycles. The van der Waals surface area contributed by atoms with Crippen molar-refractivity contribution in [2.24, 2.45) is 0 Å². The maximum absolute atomic E-state index is 12.9. The lowest BCUT2D eigenvalue weighted by molar-refractivity contribution is 0.591. The van der Waals surface area contributed by atoms with Gasteiger partial charge in [-0.2, -0.15) is 0 Å². The Bertz CT molecular complexity index is 874. The van der Waals surface area contributed by atoms with Crippen LogP contribution in [0.3, 0.4) is 0 Å². The number of rotatable bonds is 2. The standard InChI is InChI=1S/C15H10FNO2S/c16-12-6-8-13(9-7-12)20(18,19)15-10-5-11-3-1-2-4-14(11)17-15/h1-10H. The average molecular weight is 287 g/mol. The Morgan fingerprint density at radius 3 is 2.30 bits per heavy atom. The van der Waals surface area contributed by atoms with Crippen molar-refractivity contribution in [3.05, 3.63) is 66.5 Å². The fraction of sp³-hybridized carbons (Fsp3) is 0. The van der Waals surface area contributed by atoms with Gasteiger partial charge in [0, 0.05) is 5.39 Å². The van der Waals surface area contributed by atoms with Crippen LogP contribution >= 0.6 is 0 Å². The molecule has 100 valence electrons. The van der Waals surface area contributed by atoms with E-state index in [1.807, 2.05) is 12.1 Å². The second-order valence-electron chi connectivity index (χ2n) is 4.30. The highest BCUT2D eigenvalue weighted by atomic mass is 32.2. The molecule has 0 aliphatic rings. The Kier molecular flexibility index (Phi) is 2.99. The largest absolute Gasteiger partial charge is 0.236 e. The van der Waals surface area contributed by atoms with Gasteiger partial charge in [0.1, 0.15) is 5.82 Å². The van der Waals surface area contributed by atoms with Crippen molar-refractivity contribution < 1.29 is 12.8 Å². The number of benzene rings is 2. The topological polar surface area (TPSA) is 47.0 Å². The normalized spacial score (nSPS) is 11.7. The number of fused-ring (bicyclic) bond motifs is 1. The third kappa shape index (κ3) is 2.16. The van der Waals surface area contributed by atoms with Gasteiger partial charge < -0.3 is 0 Å². The smallest absolute Gasteiger partial charge is 0.223 e. The molecule has 0 amide bonds. The van der Waals surface area contributed by atoms with Gasteiger partial charge in [0.25, 0.3) is 0 Å². The number of hydrogen-bond donors (Lipinski definition) is 0. The number of halogens is 1. The lowest BCUT2D eigenvalue weighted by atomic mass is 10.2. The fourth-order valence-electron chi connectivity index (χ4n) is 1.93. The molecule has 0 N–H and O–H groups in total. The Morgan fingerprint density at radius 2 is 1.55 bits per heavy atom. The van der Waals surface area contributed by atoms with Gasteiger partial charge in [0.15, 0.2) is 5.03 Å². The second-order valence-corrected chi connectivity index (χ2v) is 6.20. The number of pyridine rings is 1. The van der Waals surface area contributed by atoms with E-state index in [9.17, 15) is 12.8 Å². The van der Waals surface area contributed by atoms with E-state index in [0.29, 0.717) is 5.52 Å². The summed E-state index contributed by atoms with van der Waals surface area (Å²) in [5.41, 5.74) is 0.607. The summed E-state index contributed by atoms with van der Waals surface area (Å²) in [6, 6.07) is 15.1. The predicted octanol–water partition coefficient (Wildman–Crippen LogP) is 3.21. The minimum atomic E-state index is -3.72. The van der Waals surface area contributed by atoms with Gasteiger partial charge in [-0.25, -0.2) is 17.8 Å². The van der Waals surface area contributed by atoms with Gasteiger partial charge >= 0.3 is 0 Å². The Balaban J connectivity index is 2.15. The molecule has 0 atom stereocenters. The zero-order chi connectivity index (χ0) is 14.2. The van der Waals surface area contributed by atoms with E-state index in [1.54, 1.807) is 18.2 Å². The van der Waals surface area contributed by atoms with Gasteiger partial charge in [0.05, 0.1) is 10.4 Å². The molecular formula is C15H10FNO2S.